The Hall–Kier alpha value is -1.39. The lowest BCUT2D eigenvalue weighted by molar-refractivity contribution is -0.141. The van der Waals surface area contributed by atoms with Gasteiger partial charge in [0.05, 0.1) is 13.2 Å². The van der Waals surface area contributed by atoms with E-state index < -0.39 is 6.10 Å². The summed E-state index contributed by atoms with van der Waals surface area (Å²) in [5.74, 6) is -0.284. The monoisotopic (exact) mass is 265 g/mol. The molecule has 0 amide bonds. The summed E-state index contributed by atoms with van der Waals surface area (Å²) in [5.41, 5.74) is 3.75. The third-order valence-corrected chi connectivity index (χ3v) is 3.19. The topological polar surface area (TPSA) is 58.6 Å². The van der Waals surface area contributed by atoms with Crippen molar-refractivity contribution in [1.29, 1.82) is 0 Å². The molecule has 1 aromatic carbocycles. The first kappa shape index (κ1) is 15.7. The summed E-state index contributed by atoms with van der Waals surface area (Å²) in [4.78, 5) is 10.9. The number of rotatable bonds is 7. The summed E-state index contributed by atoms with van der Waals surface area (Å²) in [6.07, 6.45) is 0.154. The summed E-state index contributed by atoms with van der Waals surface area (Å²) in [5, 5.41) is 12.9. The normalized spacial score (nSPS) is 12.2. The molecule has 0 fully saturated rings. The maximum Gasteiger partial charge on any atom is 0.305 e. The number of ether oxygens (including phenoxy) is 1. The van der Waals surface area contributed by atoms with E-state index in [0.717, 1.165) is 6.54 Å². The molecule has 0 saturated carbocycles. The van der Waals surface area contributed by atoms with Crippen LogP contribution in [-0.4, -0.2) is 30.8 Å². The second kappa shape index (κ2) is 7.92. The fourth-order valence-electron chi connectivity index (χ4n) is 1.79. The minimum Gasteiger partial charge on any atom is -0.469 e. The molecule has 0 aromatic heterocycles. The molecule has 1 aromatic rings. The van der Waals surface area contributed by atoms with Gasteiger partial charge < -0.3 is 15.2 Å². The third kappa shape index (κ3) is 5.85. The first-order valence-corrected chi connectivity index (χ1v) is 6.54. The standard InChI is InChI=1S/C15H23NO3/c1-11-4-5-13(8-12(11)2)9-16-10-14(17)6-7-15(18)19-3/h4-5,8,14,16-17H,6-7,9-10H2,1-3H3. The molecule has 1 rings (SSSR count). The van der Waals surface area contributed by atoms with E-state index in [-0.39, 0.29) is 12.4 Å². The largest absolute Gasteiger partial charge is 0.469 e. The molecule has 0 bridgehead atoms. The van der Waals surface area contributed by atoms with Gasteiger partial charge in [-0.05, 0) is 37.0 Å². The Morgan fingerprint density at radius 3 is 2.74 bits per heavy atom. The molecule has 0 heterocycles. The van der Waals surface area contributed by atoms with Crippen LogP contribution in [0.15, 0.2) is 18.2 Å². The van der Waals surface area contributed by atoms with E-state index in [1.54, 1.807) is 0 Å². The molecule has 1 unspecified atom stereocenters. The van der Waals surface area contributed by atoms with Gasteiger partial charge in [0.2, 0.25) is 0 Å². The third-order valence-electron chi connectivity index (χ3n) is 3.19. The van der Waals surface area contributed by atoms with E-state index in [2.05, 4.69) is 42.1 Å². The van der Waals surface area contributed by atoms with Gasteiger partial charge in [-0.2, -0.15) is 0 Å². The number of hydrogen-bond donors (Lipinski definition) is 2. The first-order chi connectivity index (χ1) is 9.02. The number of hydrogen-bond acceptors (Lipinski definition) is 4. The molecule has 1 atom stereocenters. The highest BCUT2D eigenvalue weighted by Crippen LogP contribution is 2.09. The predicted octanol–water partition coefficient (Wildman–Crippen LogP) is 1.71. The highest BCUT2D eigenvalue weighted by atomic mass is 16.5. The van der Waals surface area contributed by atoms with E-state index in [4.69, 9.17) is 0 Å². The Balaban J connectivity index is 2.25. The molecule has 0 saturated heterocycles. The molecule has 0 aliphatic carbocycles. The van der Waals surface area contributed by atoms with Crippen molar-refractivity contribution in [3.8, 4) is 0 Å². The van der Waals surface area contributed by atoms with E-state index in [1.165, 1.54) is 23.8 Å². The van der Waals surface area contributed by atoms with Gasteiger partial charge in [0.15, 0.2) is 0 Å². The van der Waals surface area contributed by atoms with Gasteiger partial charge in [0.1, 0.15) is 0 Å². The van der Waals surface area contributed by atoms with Crippen LogP contribution in [0.1, 0.15) is 29.5 Å². The van der Waals surface area contributed by atoms with Gasteiger partial charge in [0, 0.05) is 19.5 Å². The molecule has 4 heteroatoms. The number of esters is 1. The Bertz CT molecular complexity index is 418. The number of carbonyl (C=O) groups excluding carboxylic acids is 1. The van der Waals surface area contributed by atoms with Crippen LogP contribution in [0.2, 0.25) is 0 Å². The van der Waals surface area contributed by atoms with Crippen molar-refractivity contribution in [3.63, 3.8) is 0 Å². The van der Waals surface area contributed by atoms with Gasteiger partial charge in [-0.15, -0.1) is 0 Å². The maximum absolute atomic E-state index is 10.9. The number of nitrogens with one attached hydrogen (secondary N) is 1. The van der Waals surface area contributed by atoms with E-state index in [0.29, 0.717) is 13.0 Å². The average molecular weight is 265 g/mol. The fraction of sp³-hybridized carbons (Fsp3) is 0.533. The minimum absolute atomic E-state index is 0.253. The zero-order valence-corrected chi connectivity index (χ0v) is 11.9. The Morgan fingerprint density at radius 2 is 2.11 bits per heavy atom. The van der Waals surface area contributed by atoms with Crippen molar-refractivity contribution in [2.24, 2.45) is 0 Å². The predicted molar refractivity (Wildman–Crippen MR) is 74.9 cm³/mol. The summed E-state index contributed by atoms with van der Waals surface area (Å²) in [6, 6.07) is 6.32. The molecule has 0 aliphatic heterocycles. The summed E-state index contributed by atoms with van der Waals surface area (Å²) >= 11 is 0. The molecular formula is C15H23NO3. The lowest BCUT2D eigenvalue weighted by Crippen LogP contribution is -2.27. The Kier molecular flexibility index (Phi) is 6.53. The van der Waals surface area contributed by atoms with Gasteiger partial charge in [-0.25, -0.2) is 0 Å². The summed E-state index contributed by atoms with van der Waals surface area (Å²) in [7, 11) is 1.35. The van der Waals surface area contributed by atoms with Crippen molar-refractivity contribution in [1.82, 2.24) is 5.32 Å². The van der Waals surface area contributed by atoms with Crippen molar-refractivity contribution in [3.05, 3.63) is 34.9 Å². The van der Waals surface area contributed by atoms with Gasteiger partial charge in [-0.1, -0.05) is 18.2 Å². The Labute approximate surface area is 114 Å². The lowest BCUT2D eigenvalue weighted by atomic mass is 10.1. The van der Waals surface area contributed by atoms with Crippen molar-refractivity contribution < 1.29 is 14.6 Å². The number of aryl methyl sites for hydroxylation is 2. The maximum atomic E-state index is 10.9. The minimum atomic E-state index is -0.523. The van der Waals surface area contributed by atoms with Crippen LogP contribution in [0.25, 0.3) is 0 Å². The number of aliphatic hydroxyl groups is 1. The summed E-state index contributed by atoms with van der Waals surface area (Å²) < 4.78 is 4.53. The highest BCUT2D eigenvalue weighted by molar-refractivity contribution is 5.69. The zero-order valence-electron chi connectivity index (χ0n) is 11.9. The van der Waals surface area contributed by atoms with Gasteiger partial charge in [-0.3, -0.25) is 4.79 Å². The molecular weight excluding hydrogens is 242 g/mol. The van der Waals surface area contributed by atoms with Crippen LogP contribution < -0.4 is 5.32 Å². The number of carbonyl (C=O) groups is 1. The van der Waals surface area contributed by atoms with E-state index in [9.17, 15) is 9.90 Å². The fourth-order valence-corrected chi connectivity index (χ4v) is 1.79. The van der Waals surface area contributed by atoms with E-state index in [1.807, 2.05) is 0 Å². The van der Waals surface area contributed by atoms with Crippen molar-refractivity contribution >= 4 is 5.97 Å². The molecule has 0 spiro atoms. The second-order valence-electron chi connectivity index (χ2n) is 4.82. The van der Waals surface area contributed by atoms with Crippen LogP contribution in [-0.2, 0) is 16.1 Å². The smallest absolute Gasteiger partial charge is 0.305 e. The average Bonchev–Trinajstić information content (AvgIpc) is 2.40. The number of aliphatic hydroxyl groups excluding tert-OH is 1. The van der Waals surface area contributed by atoms with Crippen LogP contribution in [0.5, 0.6) is 0 Å². The quantitative estimate of drug-likeness (QED) is 0.737. The molecule has 19 heavy (non-hydrogen) atoms. The van der Waals surface area contributed by atoms with Crippen LogP contribution in [0.3, 0.4) is 0 Å². The molecule has 4 nitrogen and oxygen atoms in total. The number of methoxy groups -OCH3 is 1. The van der Waals surface area contributed by atoms with Crippen LogP contribution in [0, 0.1) is 13.8 Å². The molecule has 0 radical (unpaired) electrons. The zero-order chi connectivity index (χ0) is 14.3. The van der Waals surface area contributed by atoms with Gasteiger partial charge >= 0.3 is 5.97 Å². The molecule has 2 N–H and O–H groups in total. The van der Waals surface area contributed by atoms with Crippen molar-refractivity contribution in [2.45, 2.75) is 39.3 Å². The summed E-state index contributed by atoms with van der Waals surface area (Å²) in [6.45, 7) is 5.37. The SMILES string of the molecule is COC(=O)CCC(O)CNCc1ccc(C)c(C)c1. The molecule has 0 aliphatic rings. The Morgan fingerprint density at radius 1 is 1.37 bits per heavy atom. The van der Waals surface area contributed by atoms with E-state index >= 15 is 0 Å². The first-order valence-electron chi connectivity index (χ1n) is 6.54. The highest BCUT2D eigenvalue weighted by Gasteiger charge is 2.07. The van der Waals surface area contributed by atoms with Gasteiger partial charge in [0.25, 0.3) is 0 Å². The van der Waals surface area contributed by atoms with Crippen LogP contribution >= 0.6 is 0 Å². The lowest BCUT2D eigenvalue weighted by Gasteiger charge is -2.12. The van der Waals surface area contributed by atoms with Crippen molar-refractivity contribution in [2.75, 3.05) is 13.7 Å². The number of benzene rings is 1. The van der Waals surface area contributed by atoms with Crippen LogP contribution in [0.4, 0.5) is 0 Å². The molecule has 106 valence electrons. The second-order valence-corrected chi connectivity index (χ2v) is 4.82.